The average molecular weight is 228 g/mol. The molecular weight excluding hydrogens is 207 g/mol. The Hall–Kier alpha value is -0.630. The zero-order valence-corrected chi connectivity index (χ0v) is 10.8. The summed E-state index contributed by atoms with van der Waals surface area (Å²) in [6.45, 7) is 10.4. The van der Waals surface area contributed by atoms with Crippen molar-refractivity contribution >= 4 is 7.44 Å². The molecule has 0 saturated heterocycles. The standard InChI is InChI=1S/C11H21N2OP/c1-6-9-12(4)15(14,11-8-3)13(5)10-7-2/h6-8,11H,1-2,9-10H2,3-5H3/b11-8-. The minimum Gasteiger partial charge on any atom is -0.284 e. The summed E-state index contributed by atoms with van der Waals surface area (Å²) in [7, 11) is 1.08. The van der Waals surface area contributed by atoms with Gasteiger partial charge in [-0.05, 0) is 26.8 Å². The summed E-state index contributed by atoms with van der Waals surface area (Å²) in [6.07, 6.45) is 5.32. The third kappa shape index (κ3) is 3.78. The lowest BCUT2D eigenvalue weighted by Gasteiger charge is -2.31. The SMILES string of the molecule is C=CCN(C)P(=O)(/C=C\C)N(C)CC=C. The van der Waals surface area contributed by atoms with Gasteiger partial charge in [0.2, 0.25) is 7.44 Å². The van der Waals surface area contributed by atoms with Crippen molar-refractivity contribution < 1.29 is 4.57 Å². The van der Waals surface area contributed by atoms with Crippen molar-refractivity contribution in [2.75, 3.05) is 27.2 Å². The Bertz CT molecular complexity index is 266. The molecule has 15 heavy (non-hydrogen) atoms. The fraction of sp³-hybridized carbons (Fsp3) is 0.455. The first kappa shape index (κ1) is 14.4. The second-order valence-electron chi connectivity index (χ2n) is 3.33. The molecule has 0 amide bonds. The third-order valence-corrected chi connectivity index (χ3v) is 5.08. The molecule has 0 aromatic carbocycles. The van der Waals surface area contributed by atoms with E-state index in [2.05, 4.69) is 13.2 Å². The monoisotopic (exact) mass is 228 g/mol. The number of likely N-dealkylation sites (N-methyl/N-ethyl adjacent to an activating group) is 2. The lowest BCUT2D eigenvalue weighted by molar-refractivity contribution is 0.430. The van der Waals surface area contributed by atoms with Gasteiger partial charge in [0, 0.05) is 13.1 Å². The van der Waals surface area contributed by atoms with E-state index in [1.165, 1.54) is 0 Å². The predicted octanol–water partition coefficient (Wildman–Crippen LogP) is 2.95. The van der Waals surface area contributed by atoms with E-state index < -0.39 is 7.44 Å². The number of rotatable bonds is 7. The van der Waals surface area contributed by atoms with Crippen LogP contribution < -0.4 is 0 Å². The molecule has 0 aromatic rings. The maximum Gasteiger partial charge on any atom is 0.238 e. The summed E-state index contributed by atoms with van der Waals surface area (Å²) in [5, 5.41) is 0. The number of hydrogen-bond acceptors (Lipinski definition) is 1. The normalized spacial score (nSPS) is 12.6. The van der Waals surface area contributed by atoms with Crippen LogP contribution in [0.15, 0.2) is 37.2 Å². The van der Waals surface area contributed by atoms with Gasteiger partial charge in [0.25, 0.3) is 0 Å². The number of allylic oxidation sites excluding steroid dienone is 1. The number of nitrogens with zero attached hydrogens (tertiary/aromatic N) is 2. The van der Waals surface area contributed by atoms with Crippen molar-refractivity contribution in [2.24, 2.45) is 0 Å². The van der Waals surface area contributed by atoms with Crippen molar-refractivity contribution in [1.82, 2.24) is 9.34 Å². The molecule has 0 N–H and O–H groups in total. The van der Waals surface area contributed by atoms with Crippen LogP contribution in [0.2, 0.25) is 0 Å². The second kappa shape index (κ2) is 6.78. The zero-order valence-electron chi connectivity index (χ0n) is 9.89. The molecule has 0 aliphatic heterocycles. The molecule has 0 spiro atoms. The van der Waals surface area contributed by atoms with Crippen LogP contribution in [0.4, 0.5) is 0 Å². The van der Waals surface area contributed by atoms with Crippen LogP contribution >= 0.6 is 7.44 Å². The Morgan fingerprint density at radius 1 is 1.13 bits per heavy atom. The lowest BCUT2D eigenvalue weighted by atomic mass is 10.6. The summed E-state index contributed by atoms with van der Waals surface area (Å²) in [6, 6.07) is 0. The lowest BCUT2D eigenvalue weighted by Crippen LogP contribution is -2.26. The minimum absolute atomic E-state index is 0.600. The summed E-state index contributed by atoms with van der Waals surface area (Å²) in [5.41, 5.74) is 0. The molecule has 0 radical (unpaired) electrons. The molecule has 0 saturated carbocycles. The van der Waals surface area contributed by atoms with E-state index in [1.807, 2.05) is 36.4 Å². The van der Waals surface area contributed by atoms with Crippen LogP contribution in [-0.2, 0) is 4.57 Å². The van der Waals surface area contributed by atoms with Crippen molar-refractivity contribution in [3.05, 3.63) is 37.2 Å². The smallest absolute Gasteiger partial charge is 0.238 e. The highest BCUT2D eigenvalue weighted by molar-refractivity contribution is 7.62. The fourth-order valence-electron chi connectivity index (χ4n) is 1.29. The minimum atomic E-state index is -2.59. The summed E-state index contributed by atoms with van der Waals surface area (Å²) >= 11 is 0. The quantitative estimate of drug-likeness (QED) is 0.494. The van der Waals surface area contributed by atoms with Gasteiger partial charge in [-0.1, -0.05) is 18.2 Å². The molecule has 0 atom stereocenters. The average Bonchev–Trinajstić information content (AvgIpc) is 2.18. The van der Waals surface area contributed by atoms with Gasteiger partial charge in [-0.25, -0.2) is 9.34 Å². The van der Waals surface area contributed by atoms with Crippen molar-refractivity contribution in [3.63, 3.8) is 0 Å². The van der Waals surface area contributed by atoms with Crippen molar-refractivity contribution in [3.8, 4) is 0 Å². The predicted molar refractivity (Wildman–Crippen MR) is 68.1 cm³/mol. The molecule has 0 aliphatic carbocycles. The van der Waals surface area contributed by atoms with Gasteiger partial charge >= 0.3 is 0 Å². The molecular formula is C11H21N2OP. The first-order chi connectivity index (χ1) is 7.02. The van der Waals surface area contributed by atoms with Gasteiger partial charge in [0.05, 0.1) is 0 Å². The molecule has 0 heterocycles. The molecule has 3 nitrogen and oxygen atoms in total. The summed E-state index contributed by atoms with van der Waals surface area (Å²) in [4.78, 5) is 0. The maximum absolute atomic E-state index is 12.7. The molecule has 0 rings (SSSR count). The molecule has 4 heteroatoms. The number of hydrogen-bond donors (Lipinski definition) is 0. The van der Waals surface area contributed by atoms with Gasteiger partial charge < -0.3 is 0 Å². The zero-order chi connectivity index (χ0) is 11.9. The van der Waals surface area contributed by atoms with Gasteiger partial charge in [0.15, 0.2) is 0 Å². The molecule has 0 aromatic heterocycles. The van der Waals surface area contributed by atoms with Crippen LogP contribution in [0.5, 0.6) is 0 Å². The van der Waals surface area contributed by atoms with E-state index in [9.17, 15) is 4.57 Å². The third-order valence-electron chi connectivity index (χ3n) is 2.11. The van der Waals surface area contributed by atoms with Gasteiger partial charge in [-0.3, -0.25) is 4.57 Å². The van der Waals surface area contributed by atoms with Crippen molar-refractivity contribution in [2.45, 2.75) is 6.92 Å². The van der Waals surface area contributed by atoms with E-state index >= 15 is 0 Å². The van der Waals surface area contributed by atoms with Gasteiger partial charge in [-0.15, -0.1) is 13.2 Å². The first-order valence-electron chi connectivity index (χ1n) is 4.91. The van der Waals surface area contributed by atoms with Crippen molar-refractivity contribution in [1.29, 1.82) is 0 Å². The van der Waals surface area contributed by atoms with E-state index in [1.54, 1.807) is 18.0 Å². The van der Waals surface area contributed by atoms with Gasteiger partial charge in [-0.2, -0.15) is 0 Å². The van der Waals surface area contributed by atoms with Crippen LogP contribution in [-0.4, -0.2) is 36.5 Å². The highest BCUT2D eigenvalue weighted by Gasteiger charge is 2.27. The highest BCUT2D eigenvalue weighted by atomic mass is 31.2. The first-order valence-corrected chi connectivity index (χ1v) is 6.59. The Morgan fingerprint density at radius 2 is 1.53 bits per heavy atom. The Morgan fingerprint density at radius 3 is 1.80 bits per heavy atom. The Balaban J connectivity index is 4.94. The summed E-state index contributed by atoms with van der Waals surface area (Å²) in [5.74, 6) is 1.75. The molecule has 0 fully saturated rings. The molecule has 0 aliphatic rings. The second-order valence-corrected chi connectivity index (χ2v) is 6.17. The van der Waals surface area contributed by atoms with E-state index in [-0.39, 0.29) is 0 Å². The topological polar surface area (TPSA) is 23.6 Å². The summed E-state index contributed by atoms with van der Waals surface area (Å²) < 4.78 is 16.3. The van der Waals surface area contributed by atoms with Gasteiger partial charge in [0.1, 0.15) is 0 Å². The molecule has 86 valence electrons. The van der Waals surface area contributed by atoms with E-state index in [0.29, 0.717) is 13.1 Å². The van der Waals surface area contributed by atoms with E-state index in [4.69, 9.17) is 0 Å². The van der Waals surface area contributed by atoms with Crippen LogP contribution in [0, 0.1) is 0 Å². The van der Waals surface area contributed by atoms with Crippen LogP contribution in [0.1, 0.15) is 6.92 Å². The van der Waals surface area contributed by atoms with E-state index in [0.717, 1.165) is 0 Å². The van der Waals surface area contributed by atoms with Crippen LogP contribution in [0.3, 0.4) is 0 Å². The molecule has 0 unspecified atom stereocenters. The fourth-order valence-corrected chi connectivity index (χ4v) is 3.35. The Kier molecular flexibility index (Phi) is 6.50. The maximum atomic E-state index is 12.7. The van der Waals surface area contributed by atoms with Crippen LogP contribution in [0.25, 0.3) is 0 Å². The Labute approximate surface area is 93.2 Å². The highest BCUT2D eigenvalue weighted by Crippen LogP contribution is 2.52. The largest absolute Gasteiger partial charge is 0.284 e. The molecule has 0 bridgehead atoms.